The van der Waals surface area contributed by atoms with Crippen molar-refractivity contribution >= 4 is 17.3 Å². The fraction of sp³-hybridized carbons (Fsp3) is 0.316. The number of benzene rings is 1. The number of hydrogen-bond acceptors (Lipinski definition) is 4. The molecule has 0 saturated carbocycles. The second kappa shape index (κ2) is 8.62. The van der Waals surface area contributed by atoms with Crippen LogP contribution >= 0.6 is 11.3 Å². The number of guanidine groups is 1. The molecule has 2 heterocycles. The summed E-state index contributed by atoms with van der Waals surface area (Å²) in [7, 11) is 1.97. The van der Waals surface area contributed by atoms with Crippen molar-refractivity contribution in [3.63, 3.8) is 0 Å². The number of aliphatic imine (C=N–C) groups is 1. The summed E-state index contributed by atoms with van der Waals surface area (Å²) in [4.78, 5) is 5.98. The van der Waals surface area contributed by atoms with Crippen molar-refractivity contribution in [1.29, 1.82) is 0 Å². The molecule has 0 bridgehead atoms. The molecular formula is C19H24N6S. The van der Waals surface area contributed by atoms with Gasteiger partial charge in [-0.1, -0.05) is 35.9 Å². The van der Waals surface area contributed by atoms with E-state index in [2.05, 4.69) is 69.5 Å². The van der Waals surface area contributed by atoms with Gasteiger partial charge in [-0.3, -0.25) is 0 Å². The first kappa shape index (κ1) is 18.1. The van der Waals surface area contributed by atoms with Crippen LogP contribution in [0.25, 0.3) is 0 Å². The maximum absolute atomic E-state index is 4.72. The summed E-state index contributed by atoms with van der Waals surface area (Å²) in [5.74, 6) is 2.54. The first-order valence-electron chi connectivity index (χ1n) is 8.57. The van der Waals surface area contributed by atoms with Crippen molar-refractivity contribution in [1.82, 2.24) is 25.4 Å². The van der Waals surface area contributed by atoms with Gasteiger partial charge in [-0.15, -0.1) is 21.5 Å². The number of nitrogens with zero attached hydrogens (tertiary/aromatic N) is 4. The molecule has 136 valence electrons. The van der Waals surface area contributed by atoms with Crippen molar-refractivity contribution < 1.29 is 0 Å². The highest BCUT2D eigenvalue weighted by molar-refractivity contribution is 7.09. The van der Waals surface area contributed by atoms with Gasteiger partial charge in [-0.05, 0) is 30.9 Å². The Kier molecular flexibility index (Phi) is 6.01. The van der Waals surface area contributed by atoms with Crippen molar-refractivity contribution in [2.75, 3.05) is 0 Å². The standard InChI is InChI=1S/C19H24N6S/c1-14-6-8-16(9-7-14)11-20-19(21-12-17-5-4-10-26-17)22-13-18-24-23-15(2)25(18)3/h4-10H,11-13H2,1-3H3,(H2,20,21,22). The molecule has 1 aromatic carbocycles. The van der Waals surface area contributed by atoms with E-state index >= 15 is 0 Å². The molecule has 0 fully saturated rings. The number of rotatable bonds is 6. The molecular weight excluding hydrogens is 344 g/mol. The van der Waals surface area contributed by atoms with Gasteiger partial charge in [0.25, 0.3) is 0 Å². The van der Waals surface area contributed by atoms with Crippen LogP contribution in [0, 0.1) is 13.8 Å². The van der Waals surface area contributed by atoms with Crippen LogP contribution in [0.3, 0.4) is 0 Å². The molecule has 0 aliphatic rings. The third-order valence-electron chi connectivity index (χ3n) is 4.15. The quantitative estimate of drug-likeness (QED) is 0.519. The number of thiophene rings is 1. The van der Waals surface area contributed by atoms with Gasteiger partial charge in [-0.2, -0.15) is 0 Å². The van der Waals surface area contributed by atoms with Crippen LogP contribution in [0.15, 0.2) is 46.8 Å². The molecule has 0 aliphatic heterocycles. The van der Waals surface area contributed by atoms with Gasteiger partial charge < -0.3 is 15.2 Å². The van der Waals surface area contributed by atoms with E-state index in [1.54, 1.807) is 11.3 Å². The van der Waals surface area contributed by atoms with Gasteiger partial charge >= 0.3 is 0 Å². The van der Waals surface area contributed by atoms with E-state index in [1.165, 1.54) is 16.0 Å². The molecule has 3 rings (SSSR count). The number of hydrogen-bond donors (Lipinski definition) is 2. The average Bonchev–Trinajstić information content (AvgIpc) is 3.27. The van der Waals surface area contributed by atoms with Crippen molar-refractivity contribution in [3.05, 3.63) is 69.4 Å². The monoisotopic (exact) mass is 368 g/mol. The second-order valence-corrected chi connectivity index (χ2v) is 7.19. The zero-order chi connectivity index (χ0) is 18.4. The molecule has 7 heteroatoms. The lowest BCUT2D eigenvalue weighted by molar-refractivity contribution is 0.715. The Bertz CT molecular complexity index is 849. The molecule has 0 radical (unpaired) electrons. The molecule has 0 saturated heterocycles. The van der Waals surface area contributed by atoms with E-state index in [9.17, 15) is 0 Å². The van der Waals surface area contributed by atoms with E-state index in [1.807, 2.05) is 18.5 Å². The van der Waals surface area contributed by atoms with Crippen molar-refractivity contribution in [2.45, 2.75) is 33.5 Å². The van der Waals surface area contributed by atoms with Crippen LogP contribution in [0.4, 0.5) is 0 Å². The lowest BCUT2D eigenvalue weighted by Gasteiger charge is -2.12. The molecule has 26 heavy (non-hydrogen) atoms. The first-order chi connectivity index (χ1) is 12.6. The molecule has 6 nitrogen and oxygen atoms in total. The summed E-state index contributed by atoms with van der Waals surface area (Å²) in [6.07, 6.45) is 0. The Labute approximate surface area is 158 Å². The minimum absolute atomic E-state index is 0.571. The van der Waals surface area contributed by atoms with E-state index in [4.69, 9.17) is 4.99 Å². The van der Waals surface area contributed by atoms with Crippen molar-refractivity contribution in [3.8, 4) is 0 Å². The van der Waals surface area contributed by atoms with Crippen LogP contribution in [0.5, 0.6) is 0 Å². The predicted octanol–water partition coefficient (Wildman–Crippen LogP) is 2.93. The van der Waals surface area contributed by atoms with Gasteiger partial charge in [-0.25, -0.2) is 4.99 Å². The molecule has 0 aliphatic carbocycles. The van der Waals surface area contributed by atoms with E-state index in [0.29, 0.717) is 13.1 Å². The SMILES string of the molecule is Cc1ccc(CN=C(NCc2cccs2)NCc2nnc(C)n2C)cc1. The number of aryl methyl sites for hydroxylation is 2. The molecule has 2 aromatic heterocycles. The van der Waals surface area contributed by atoms with Gasteiger partial charge in [0, 0.05) is 11.9 Å². The van der Waals surface area contributed by atoms with Crippen LogP contribution in [0.2, 0.25) is 0 Å². The van der Waals surface area contributed by atoms with E-state index < -0.39 is 0 Å². The van der Waals surface area contributed by atoms with E-state index in [0.717, 1.165) is 24.2 Å². The zero-order valence-electron chi connectivity index (χ0n) is 15.4. The fourth-order valence-electron chi connectivity index (χ4n) is 2.39. The van der Waals surface area contributed by atoms with Gasteiger partial charge in [0.2, 0.25) is 0 Å². The Balaban J connectivity index is 1.66. The van der Waals surface area contributed by atoms with Crippen LogP contribution < -0.4 is 10.6 Å². The highest BCUT2D eigenvalue weighted by atomic mass is 32.1. The largest absolute Gasteiger partial charge is 0.351 e. The molecule has 0 atom stereocenters. The highest BCUT2D eigenvalue weighted by Crippen LogP contribution is 2.08. The first-order valence-corrected chi connectivity index (χ1v) is 9.45. The van der Waals surface area contributed by atoms with Crippen LogP contribution in [0.1, 0.15) is 27.7 Å². The molecule has 0 spiro atoms. The highest BCUT2D eigenvalue weighted by Gasteiger charge is 2.06. The Morgan fingerprint density at radius 3 is 2.50 bits per heavy atom. The summed E-state index contributed by atoms with van der Waals surface area (Å²) >= 11 is 1.73. The predicted molar refractivity (Wildman–Crippen MR) is 106 cm³/mol. The molecule has 3 aromatic rings. The second-order valence-electron chi connectivity index (χ2n) is 6.16. The molecule has 0 amide bonds. The van der Waals surface area contributed by atoms with Gasteiger partial charge in [0.15, 0.2) is 11.8 Å². The topological polar surface area (TPSA) is 67.1 Å². The summed E-state index contributed by atoms with van der Waals surface area (Å²) in [6, 6.07) is 12.6. The Hall–Kier alpha value is -2.67. The van der Waals surface area contributed by atoms with E-state index in [-0.39, 0.29) is 0 Å². The maximum Gasteiger partial charge on any atom is 0.192 e. The zero-order valence-corrected chi connectivity index (χ0v) is 16.2. The Morgan fingerprint density at radius 2 is 1.85 bits per heavy atom. The third-order valence-corrected chi connectivity index (χ3v) is 5.02. The smallest absolute Gasteiger partial charge is 0.192 e. The lowest BCUT2D eigenvalue weighted by atomic mass is 10.1. The lowest BCUT2D eigenvalue weighted by Crippen LogP contribution is -2.37. The minimum atomic E-state index is 0.571. The summed E-state index contributed by atoms with van der Waals surface area (Å²) in [5, 5.41) is 17.1. The van der Waals surface area contributed by atoms with Crippen LogP contribution in [-0.4, -0.2) is 20.7 Å². The van der Waals surface area contributed by atoms with Gasteiger partial charge in [0.1, 0.15) is 5.82 Å². The molecule has 2 N–H and O–H groups in total. The number of aromatic nitrogens is 3. The van der Waals surface area contributed by atoms with Crippen molar-refractivity contribution in [2.24, 2.45) is 12.0 Å². The third kappa shape index (κ3) is 4.92. The summed E-state index contributed by atoms with van der Waals surface area (Å²) in [5.41, 5.74) is 2.44. The molecule has 0 unspecified atom stereocenters. The summed E-state index contributed by atoms with van der Waals surface area (Å²) in [6.45, 7) is 5.97. The maximum atomic E-state index is 4.72. The van der Waals surface area contributed by atoms with Crippen LogP contribution in [-0.2, 0) is 26.7 Å². The van der Waals surface area contributed by atoms with Gasteiger partial charge in [0.05, 0.1) is 19.6 Å². The average molecular weight is 369 g/mol. The summed E-state index contributed by atoms with van der Waals surface area (Å²) < 4.78 is 1.98. The fourth-order valence-corrected chi connectivity index (χ4v) is 3.03. The normalized spacial score (nSPS) is 11.6. The Morgan fingerprint density at radius 1 is 1.08 bits per heavy atom. The number of nitrogens with one attached hydrogen (secondary N) is 2. The minimum Gasteiger partial charge on any atom is -0.351 e.